The molecule has 0 unspecified atom stereocenters. The molecule has 0 spiro atoms. The van der Waals surface area contributed by atoms with Crippen LogP contribution < -0.4 is 5.32 Å². The van der Waals surface area contributed by atoms with Crippen molar-refractivity contribution in [2.75, 3.05) is 6.54 Å². The Hall–Kier alpha value is -2.64. The molecule has 1 atom stereocenters. The summed E-state index contributed by atoms with van der Waals surface area (Å²) in [4.78, 5) is 0. The van der Waals surface area contributed by atoms with Gasteiger partial charge in [-0.25, -0.2) is 0 Å². The summed E-state index contributed by atoms with van der Waals surface area (Å²) in [6.07, 6.45) is 2.28. The lowest BCUT2D eigenvalue weighted by atomic mass is 9.97. The van der Waals surface area contributed by atoms with Crippen molar-refractivity contribution in [3.05, 3.63) is 114 Å². The predicted octanol–water partition coefficient (Wildman–Crippen LogP) is 6.74. The second kappa shape index (κ2) is 11.1. The van der Waals surface area contributed by atoms with E-state index in [0.717, 1.165) is 6.54 Å². The van der Waals surface area contributed by atoms with Gasteiger partial charge in [0, 0.05) is 14.0 Å². The summed E-state index contributed by atoms with van der Waals surface area (Å²) in [6.45, 7) is 7.03. The molecule has 0 radical (unpaired) electrons. The van der Waals surface area contributed by atoms with Crippen molar-refractivity contribution in [3.63, 3.8) is 0 Å². The van der Waals surface area contributed by atoms with Crippen LogP contribution >= 0.6 is 0 Å². The Bertz CT molecular complexity index is 726. The van der Waals surface area contributed by atoms with Crippen molar-refractivity contribution in [1.29, 1.82) is 0 Å². The third kappa shape index (κ3) is 5.72. The molecule has 0 aromatic heterocycles. The fraction of sp³-hybridized carbons (Fsp3) is 0.200. The second-order valence-electron chi connectivity index (χ2n) is 5.89. The van der Waals surface area contributed by atoms with Crippen LogP contribution in [0.4, 0.5) is 0 Å². The van der Waals surface area contributed by atoms with Crippen molar-refractivity contribution in [2.45, 2.75) is 26.8 Å². The monoisotopic (exact) mass is 345 g/mol. The lowest BCUT2D eigenvalue weighted by Crippen LogP contribution is -2.18. The molecule has 3 aromatic carbocycles. The molecule has 0 aliphatic carbocycles. The number of hydrogen-bond acceptors (Lipinski definition) is 1. The van der Waals surface area contributed by atoms with Crippen LogP contribution in [0.1, 0.15) is 44.9 Å². The van der Waals surface area contributed by atoms with Crippen molar-refractivity contribution in [2.24, 2.45) is 0 Å². The summed E-state index contributed by atoms with van der Waals surface area (Å²) in [5, 5.41) is 3.59. The molecule has 0 aliphatic heterocycles. The summed E-state index contributed by atoms with van der Waals surface area (Å²) in [5.41, 5.74) is 5.08. The van der Waals surface area contributed by atoms with Crippen LogP contribution in [0.3, 0.4) is 0 Å². The Kier molecular flexibility index (Phi) is 8.38. The molecule has 0 bridgehead atoms. The highest BCUT2D eigenvalue weighted by Crippen LogP contribution is 2.23. The predicted molar refractivity (Wildman–Crippen MR) is 116 cm³/mol. The van der Waals surface area contributed by atoms with Gasteiger partial charge in [-0.1, -0.05) is 111 Å². The number of hydrogen-bond donors (Lipinski definition) is 1. The molecule has 1 nitrogen and oxygen atoms in total. The van der Waals surface area contributed by atoms with Crippen molar-refractivity contribution in [1.82, 2.24) is 5.32 Å². The second-order valence-corrected chi connectivity index (χ2v) is 5.89. The largest absolute Gasteiger partial charge is 0.307 e. The number of benzene rings is 3. The molecular formula is C25H31N. The topological polar surface area (TPSA) is 12.0 Å². The van der Waals surface area contributed by atoms with E-state index in [0.29, 0.717) is 6.04 Å². The van der Waals surface area contributed by atoms with Gasteiger partial charge in [0.1, 0.15) is 0 Å². The molecule has 0 heterocycles. The fourth-order valence-electron chi connectivity index (χ4n) is 2.84. The normalized spacial score (nSPS) is 11.0. The zero-order valence-corrected chi connectivity index (χ0v) is 16.0. The molecule has 0 saturated heterocycles. The Labute approximate surface area is 159 Å². The van der Waals surface area contributed by atoms with E-state index >= 15 is 0 Å². The van der Waals surface area contributed by atoms with Gasteiger partial charge in [-0.2, -0.15) is 0 Å². The lowest BCUT2D eigenvalue weighted by Gasteiger charge is -2.14. The van der Waals surface area contributed by atoms with Crippen LogP contribution in [-0.2, 0) is 0 Å². The number of nitrogens with one attached hydrogen (secondary N) is 1. The van der Waals surface area contributed by atoms with Gasteiger partial charge in [-0.3, -0.25) is 0 Å². The maximum Gasteiger partial charge on any atom is 0.0294 e. The Morgan fingerprint density at radius 3 is 1.65 bits per heavy atom. The van der Waals surface area contributed by atoms with Gasteiger partial charge in [0.2, 0.25) is 0 Å². The Morgan fingerprint density at radius 1 is 0.769 bits per heavy atom. The Balaban J connectivity index is 0.00000118. The average Bonchev–Trinajstić information content (AvgIpc) is 2.74. The zero-order chi connectivity index (χ0) is 18.6. The van der Waals surface area contributed by atoms with Gasteiger partial charge in [-0.05, 0) is 29.2 Å². The van der Waals surface area contributed by atoms with E-state index in [4.69, 9.17) is 0 Å². The van der Waals surface area contributed by atoms with Crippen molar-refractivity contribution >= 4 is 5.57 Å². The maximum atomic E-state index is 3.59. The van der Waals surface area contributed by atoms with Crippen LogP contribution in [0, 0.1) is 0 Å². The minimum absolute atomic E-state index is 0. The van der Waals surface area contributed by atoms with Crippen LogP contribution in [0.25, 0.3) is 5.57 Å². The smallest absolute Gasteiger partial charge is 0.0294 e. The molecule has 1 heteroatoms. The van der Waals surface area contributed by atoms with Gasteiger partial charge in [0.25, 0.3) is 0 Å². The van der Waals surface area contributed by atoms with E-state index in [2.05, 4.69) is 109 Å². The lowest BCUT2D eigenvalue weighted by molar-refractivity contribution is 0.618. The molecule has 3 rings (SSSR count). The standard InChI is InChI=1S/C23H23N.C2H6.H2/c1-19(20-11-5-2-6-12-20)24-18-17-23(21-13-7-3-8-14-21)22-15-9-4-10-16-22;1-2;/h2-17,19,24H,18H2,1H3;1-2H3;1H/t19-;;/m0../s1. The van der Waals surface area contributed by atoms with Crippen molar-refractivity contribution in [3.8, 4) is 0 Å². The van der Waals surface area contributed by atoms with E-state index in [9.17, 15) is 0 Å². The van der Waals surface area contributed by atoms with E-state index in [-0.39, 0.29) is 1.43 Å². The summed E-state index contributed by atoms with van der Waals surface area (Å²) in [5.74, 6) is 0. The molecular weight excluding hydrogens is 314 g/mol. The molecule has 0 saturated carbocycles. The first kappa shape index (κ1) is 19.7. The minimum Gasteiger partial charge on any atom is -0.307 e. The van der Waals surface area contributed by atoms with Crippen LogP contribution in [0.15, 0.2) is 97.1 Å². The highest BCUT2D eigenvalue weighted by atomic mass is 14.9. The maximum absolute atomic E-state index is 3.59. The molecule has 3 aromatic rings. The third-order valence-corrected chi connectivity index (χ3v) is 4.20. The third-order valence-electron chi connectivity index (χ3n) is 4.20. The average molecular weight is 346 g/mol. The highest BCUT2D eigenvalue weighted by molar-refractivity contribution is 5.79. The van der Waals surface area contributed by atoms with Crippen molar-refractivity contribution < 1.29 is 1.43 Å². The first-order valence-corrected chi connectivity index (χ1v) is 9.44. The summed E-state index contributed by atoms with van der Waals surface area (Å²) in [6, 6.07) is 32.0. The molecule has 136 valence electrons. The fourth-order valence-corrected chi connectivity index (χ4v) is 2.84. The number of rotatable bonds is 6. The van der Waals surface area contributed by atoms with Gasteiger partial charge in [-0.15, -0.1) is 0 Å². The van der Waals surface area contributed by atoms with E-state index in [1.54, 1.807) is 0 Å². The van der Waals surface area contributed by atoms with E-state index < -0.39 is 0 Å². The first-order chi connectivity index (χ1) is 12.8. The Morgan fingerprint density at radius 2 is 1.19 bits per heavy atom. The van der Waals surface area contributed by atoms with Crippen LogP contribution in [0.2, 0.25) is 0 Å². The van der Waals surface area contributed by atoms with E-state index in [1.165, 1.54) is 22.3 Å². The van der Waals surface area contributed by atoms with Gasteiger partial charge >= 0.3 is 0 Å². The first-order valence-electron chi connectivity index (χ1n) is 9.44. The van der Waals surface area contributed by atoms with Crippen LogP contribution in [-0.4, -0.2) is 6.54 Å². The quantitative estimate of drug-likeness (QED) is 0.521. The van der Waals surface area contributed by atoms with E-state index in [1.807, 2.05) is 13.8 Å². The summed E-state index contributed by atoms with van der Waals surface area (Å²) < 4.78 is 0. The summed E-state index contributed by atoms with van der Waals surface area (Å²) in [7, 11) is 0. The molecule has 0 fully saturated rings. The minimum atomic E-state index is 0. The summed E-state index contributed by atoms with van der Waals surface area (Å²) >= 11 is 0. The highest BCUT2D eigenvalue weighted by Gasteiger charge is 2.05. The van der Waals surface area contributed by atoms with Gasteiger partial charge < -0.3 is 5.32 Å². The van der Waals surface area contributed by atoms with Gasteiger partial charge in [0.05, 0.1) is 0 Å². The zero-order valence-electron chi connectivity index (χ0n) is 16.0. The molecule has 1 N–H and O–H groups in total. The molecule has 26 heavy (non-hydrogen) atoms. The molecule has 0 aliphatic rings. The van der Waals surface area contributed by atoms with Gasteiger partial charge in [0.15, 0.2) is 0 Å². The SMILES string of the molecule is CC.C[C@H](NCC=C(c1ccccc1)c1ccccc1)c1ccccc1.[HH]. The molecule has 0 amide bonds. The van der Waals surface area contributed by atoms with Crippen LogP contribution in [0.5, 0.6) is 0 Å².